The molecule has 0 spiro atoms. The minimum atomic E-state index is -4.16. The van der Waals surface area contributed by atoms with Crippen LogP contribution in [0.2, 0.25) is 5.02 Å². The Morgan fingerprint density at radius 1 is 1.10 bits per heavy atom. The topological polar surface area (TPSA) is 112 Å². The summed E-state index contributed by atoms with van der Waals surface area (Å²) in [5, 5.41) is 18.5. The van der Waals surface area contributed by atoms with Gasteiger partial charge in [0.2, 0.25) is 10.0 Å². The minimum absolute atomic E-state index is 0.351. The zero-order chi connectivity index (χ0) is 16.0. The molecular weight excluding hydrogens is 322 g/mol. The standard InChI is InChI=1S/C12H12ClNO6S/c13-10-3-1-9(2-4-10)5-6-21(19,20)14(7-11(15)16)8-12(17)18/h1-6H,7-8H2,(H,15,16)(H,17,18). The number of rotatable bonds is 7. The predicted molar refractivity (Wildman–Crippen MR) is 76.3 cm³/mol. The highest BCUT2D eigenvalue weighted by Gasteiger charge is 2.24. The molecule has 0 bridgehead atoms. The second kappa shape index (κ2) is 7.21. The highest BCUT2D eigenvalue weighted by atomic mass is 35.5. The number of carbonyl (C=O) groups is 2. The Hall–Kier alpha value is -1.90. The summed E-state index contributed by atoms with van der Waals surface area (Å²) in [7, 11) is -4.16. The van der Waals surface area contributed by atoms with Gasteiger partial charge in [-0.15, -0.1) is 0 Å². The van der Waals surface area contributed by atoms with Crippen molar-refractivity contribution in [2.45, 2.75) is 0 Å². The Labute approximate surface area is 126 Å². The van der Waals surface area contributed by atoms with E-state index in [1.807, 2.05) is 0 Å². The first-order chi connectivity index (χ1) is 9.70. The lowest BCUT2D eigenvalue weighted by Crippen LogP contribution is -2.38. The van der Waals surface area contributed by atoms with Gasteiger partial charge in [-0.2, -0.15) is 4.31 Å². The molecule has 2 N–H and O–H groups in total. The predicted octanol–water partition coefficient (Wildman–Crippen LogP) is 1.11. The van der Waals surface area contributed by atoms with Crippen LogP contribution in [0.5, 0.6) is 0 Å². The SMILES string of the molecule is O=C(O)CN(CC(=O)O)S(=O)(=O)C=Cc1ccc(Cl)cc1. The lowest BCUT2D eigenvalue weighted by atomic mass is 10.2. The molecule has 0 aliphatic carbocycles. The van der Waals surface area contributed by atoms with Crippen LogP contribution in [0.3, 0.4) is 0 Å². The summed E-state index contributed by atoms with van der Waals surface area (Å²) in [4.78, 5) is 21.2. The average molecular weight is 334 g/mol. The quantitative estimate of drug-likeness (QED) is 0.773. The normalized spacial score (nSPS) is 11.9. The van der Waals surface area contributed by atoms with Crippen LogP contribution in [-0.2, 0) is 19.6 Å². The summed E-state index contributed by atoms with van der Waals surface area (Å²) >= 11 is 5.69. The van der Waals surface area contributed by atoms with E-state index in [4.69, 9.17) is 21.8 Å². The first-order valence-corrected chi connectivity index (χ1v) is 7.46. The van der Waals surface area contributed by atoms with E-state index in [0.717, 1.165) is 5.41 Å². The molecule has 0 heterocycles. The van der Waals surface area contributed by atoms with Gasteiger partial charge in [0.15, 0.2) is 0 Å². The third kappa shape index (κ3) is 5.94. The first-order valence-electron chi connectivity index (χ1n) is 5.58. The Morgan fingerprint density at radius 3 is 2.00 bits per heavy atom. The number of nitrogens with zero attached hydrogens (tertiary/aromatic N) is 1. The third-order valence-electron chi connectivity index (χ3n) is 2.29. The van der Waals surface area contributed by atoms with Crippen LogP contribution in [0.4, 0.5) is 0 Å². The van der Waals surface area contributed by atoms with Crippen molar-refractivity contribution in [2.24, 2.45) is 0 Å². The maximum atomic E-state index is 11.9. The van der Waals surface area contributed by atoms with Gasteiger partial charge in [0.05, 0.1) is 0 Å². The van der Waals surface area contributed by atoms with Crippen molar-refractivity contribution >= 4 is 39.6 Å². The van der Waals surface area contributed by atoms with Gasteiger partial charge in [0, 0.05) is 10.4 Å². The summed E-state index contributed by atoms with van der Waals surface area (Å²) < 4.78 is 24.2. The minimum Gasteiger partial charge on any atom is -0.480 e. The summed E-state index contributed by atoms with van der Waals surface area (Å²) in [5.41, 5.74) is 0.522. The number of aliphatic carboxylic acids is 2. The molecule has 0 radical (unpaired) electrons. The van der Waals surface area contributed by atoms with Crippen LogP contribution in [0.15, 0.2) is 29.7 Å². The van der Waals surface area contributed by atoms with Crippen LogP contribution in [0.25, 0.3) is 6.08 Å². The maximum Gasteiger partial charge on any atom is 0.318 e. The zero-order valence-electron chi connectivity index (χ0n) is 10.6. The molecule has 1 rings (SSSR count). The number of carboxylic acid groups (broad SMARTS) is 2. The van der Waals surface area contributed by atoms with Crippen LogP contribution < -0.4 is 0 Å². The van der Waals surface area contributed by atoms with Crippen molar-refractivity contribution in [3.63, 3.8) is 0 Å². The Morgan fingerprint density at radius 2 is 1.57 bits per heavy atom. The molecule has 1 aromatic carbocycles. The van der Waals surface area contributed by atoms with E-state index in [9.17, 15) is 18.0 Å². The monoisotopic (exact) mass is 333 g/mol. The summed E-state index contributed by atoms with van der Waals surface area (Å²) in [6, 6.07) is 6.24. The molecule has 21 heavy (non-hydrogen) atoms. The molecule has 0 fully saturated rings. The fraction of sp³-hybridized carbons (Fsp3) is 0.167. The molecule has 114 valence electrons. The van der Waals surface area contributed by atoms with Gasteiger partial charge in [-0.25, -0.2) is 8.42 Å². The van der Waals surface area contributed by atoms with E-state index in [-0.39, 0.29) is 0 Å². The molecule has 0 amide bonds. The molecule has 0 aliphatic rings. The number of sulfonamides is 1. The van der Waals surface area contributed by atoms with Crippen molar-refractivity contribution in [3.05, 3.63) is 40.3 Å². The summed E-state index contributed by atoms with van der Waals surface area (Å²) in [6.45, 7) is -1.86. The van der Waals surface area contributed by atoms with Crippen molar-refractivity contribution in [2.75, 3.05) is 13.1 Å². The Balaban J connectivity index is 2.97. The largest absolute Gasteiger partial charge is 0.480 e. The third-order valence-corrected chi connectivity index (χ3v) is 4.00. The molecule has 0 atom stereocenters. The van der Waals surface area contributed by atoms with E-state index >= 15 is 0 Å². The van der Waals surface area contributed by atoms with Gasteiger partial charge in [-0.3, -0.25) is 9.59 Å². The van der Waals surface area contributed by atoms with Gasteiger partial charge in [0.1, 0.15) is 13.1 Å². The Bertz CT molecular complexity index is 637. The number of hydrogen-bond acceptors (Lipinski definition) is 4. The molecule has 0 aromatic heterocycles. The van der Waals surface area contributed by atoms with E-state index in [1.54, 1.807) is 24.3 Å². The molecular formula is C12H12ClNO6S. The molecule has 9 heteroatoms. The molecule has 7 nitrogen and oxygen atoms in total. The smallest absolute Gasteiger partial charge is 0.318 e. The maximum absolute atomic E-state index is 11.9. The van der Waals surface area contributed by atoms with Gasteiger partial charge >= 0.3 is 11.9 Å². The van der Waals surface area contributed by atoms with E-state index in [1.165, 1.54) is 6.08 Å². The molecule has 0 saturated heterocycles. The number of halogens is 1. The van der Waals surface area contributed by atoms with Crippen molar-refractivity contribution < 1.29 is 28.2 Å². The molecule has 0 aliphatic heterocycles. The lowest BCUT2D eigenvalue weighted by molar-refractivity contribution is -0.139. The van der Waals surface area contributed by atoms with Gasteiger partial charge in [-0.1, -0.05) is 23.7 Å². The average Bonchev–Trinajstić information content (AvgIpc) is 2.36. The lowest BCUT2D eigenvalue weighted by Gasteiger charge is -2.15. The fourth-order valence-corrected chi connectivity index (χ4v) is 2.57. The highest BCUT2D eigenvalue weighted by molar-refractivity contribution is 7.92. The van der Waals surface area contributed by atoms with Crippen LogP contribution in [-0.4, -0.2) is 48.0 Å². The Kier molecular flexibility index (Phi) is 5.89. The van der Waals surface area contributed by atoms with E-state index < -0.39 is 35.1 Å². The van der Waals surface area contributed by atoms with Crippen LogP contribution >= 0.6 is 11.6 Å². The first kappa shape index (κ1) is 17.2. The number of hydrogen-bond donors (Lipinski definition) is 2. The second-order valence-electron chi connectivity index (χ2n) is 3.95. The van der Waals surface area contributed by atoms with E-state index in [2.05, 4.69) is 0 Å². The molecule has 0 saturated carbocycles. The zero-order valence-corrected chi connectivity index (χ0v) is 12.2. The summed E-state index contributed by atoms with van der Waals surface area (Å²) in [6.07, 6.45) is 1.22. The number of carboxylic acids is 2. The summed E-state index contributed by atoms with van der Waals surface area (Å²) in [5.74, 6) is -2.89. The van der Waals surface area contributed by atoms with Crippen molar-refractivity contribution in [1.29, 1.82) is 0 Å². The van der Waals surface area contributed by atoms with Crippen LogP contribution in [0.1, 0.15) is 5.56 Å². The van der Waals surface area contributed by atoms with Gasteiger partial charge in [-0.05, 0) is 23.8 Å². The molecule has 1 aromatic rings. The van der Waals surface area contributed by atoms with Crippen molar-refractivity contribution in [1.82, 2.24) is 4.31 Å². The number of benzene rings is 1. The molecule has 0 unspecified atom stereocenters. The fourth-order valence-electron chi connectivity index (χ4n) is 1.36. The van der Waals surface area contributed by atoms with Crippen molar-refractivity contribution in [3.8, 4) is 0 Å². The van der Waals surface area contributed by atoms with E-state index in [0.29, 0.717) is 14.9 Å². The van der Waals surface area contributed by atoms with Crippen LogP contribution in [0, 0.1) is 0 Å². The highest BCUT2D eigenvalue weighted by Crippen LogP contribution is 2.12. The second-order valence-corrected chi connectivity index (χ2v) is 6.21. The van der Waals surface area contributed by atoms with Gasteiger partial charge in [0.25, 0.3) is 0 Å². The van der Waals surface area contributed by atoms with Gasteiger partial charge < -0.3 is 10.2 Å².